The second kappa shape index (κ2) is 1.66. The predicted octanol–water partition coefficient (Wildman–Crippen LogP) is 0.855. The van der Waals surface area contributed by atoms with Crippen molar-refractivity contribution in [3.8, 4) is 6.07 Å². The Balaban J connectivity index is 3.05. The molecule has 0 N–H and O–H groups in total. The van der Waals surface area contributed by atoms with Crippen molar-refractivity contribution in [2.75, 3.05) is 0 Å². The Morgan fingerprint density at radius 2 is 2.62 bits per heavy atom. The second-order valence-electron chi connectivity index (χ2n) is 1.36. The first kappa shape index (κ1) is 4.85. The zero-order chi connectivity index (χ0) is 5.98. The van der Waals surface area contributed by atoms with Crippen LogP contribution < -0.4 is 0 Å². The number of hydrogen-bond acceptors (Lipinski definition) is 3. The number of nitriles is 1. The van der Waals surface area contributed by atoms with Gasteiger partial charge in [0.15, 0.2) is 5.89 Å². The molecule has 0 aliphatic carbocycles. The average Bonchev–Trinajstić information content (AvgIpc) is 2.14. The minimum Gasteiger partial charge on any atom is -0.431 e. The first-order valence-electron chi connectivity index (χ1n) is 2.15. The van der Waals surface area contributed by atoms with Gasteiger partial charge < -0.3 is 4.42 Å². The number of nitrogens with zero attached hydrogens (tertiary/aromatic N) is 2. The molecule has 0 saturated carbocycles. The SMILES string of the molecule is Cc1ncc(C#N)o1. The Morgan fingerprint density at radius 3 is 2.88 bits per heavy atom. The van der Waals surface area contributed by atoms with Gasteiger partial charge in [0.25, 0.3) is 0 Å². The fourth-order valence-electron chi connectivity index (χ4n) is 0.413. The molecule has 0 saturated heterocycles. The Morgan fingerprint density at radius 1 is 1.88 bits per heavy atom. The standard InChI is InChI=1S/C5H4N2O/c1-4-7-3-5(2-6)8-4/h3H,1H3. The van der Waals surface area contributed by atoms with Gasteiger partial charge in [-0.05, 0) is 0 Å². The molecule has 0 aliphatic heterocycles. The van der Waals surface area contributed by atoms with E-state index in [2.05, 4.69) is 4.98 Å². The molecule has 3 nitrogen and oxygen atoms in total. The summed E-state index contributed by atoms with van der Waals surface area (Å²) in [4.78, 5) is 3.70. The molecule has 40 valence electrons. The third-order valence-corrected chi connectivity index (χ3v) is 0.731. The highest BCUT2D eigenvalue weighted by Crippen LogP contribution is 1.97. The van der Waals surface area contributed by atoms with Crippen molar-refractivity contribution in [2.24, 2.45) is 0 Å². The molecule has 0 amide bonds. The summed E-state index contributed by atoms with van der Waals surface area (Å²) in [5.74, 6) is 0.795. The average molecular weight is 108 g/mol. The summed E-state index contributed by atoms with van der Waals surface area (Å²) >= 11 is 0. The maximum Gasteiger partial charge on any atom is 0.223 e. The molecule has 0 bridgehead atoms. The third kappa shape index (κ3) is 0.684. The lowest BCUT2D eigenvalue weighted by atomic mass is 10.6. The van der Waals surface area contributed by atoms with E-state index in [1.165, 1.54) is 6.20 Å². The van der Waals surface area contributed by atoms with Gasteiger partial charge in [-0.3, -0.25) is 0 Å². The first-order valence-corrected chi connectivity index (χ1v) is 2.15. The van der Waals surface area contributed by atoms with Crippen LogP contribution in [0.4, 0.5) is 0 Å². The Bertz CT molecular complexity index is 221. The van der Waals surface area contributed by atoms with E-state index in [-0.39, 0.29) is 5.76 Å². The predicted molar refractivity (Wildman–Crippen MR) is 26.0 cm³/mol. The van der Waals surface area contributed by atoms with Gasteiger partial charge in [0.05, 0.1) is 6.20 Å². The Labute approximate surface area is 46.6 Å². The van der Waals surface area contributed by atoms with Crippen molar-refractivity contribution in [3.05, 3.63) is 17.8 Å². The lowest BCUT2D eigenvalue weighted by molar-refractivity contribution is 0.509. The van der Waals surface area contributed by atoms with E-state index >= 15 is 0 Å². The third-order valence-electron chi connectivity index (χ3n) is 0.731. The van der Waals surface area contributed by atoms with Crippen LogP contribution in [0.1, 0.15) is 11.7 Å². The van der Waals surface area contributed by atoms with Crippen molar-refractivity contribution >= 4 is 0 Å². The number of rotatable bonds is 0. The van der Waals surface area contributed by atoms with Crippen molar-refractivity contribution in [1.82, 2.24) is 4.98 Å². The molecule has 1 rings (SSSR count). The summed E-state index contributed by atoms with van der Waals surface area (Å²) in [6.45, 7) is 1.70. The topological polar surface area (TPSA) is 49.8 Å². The molecule has 3 heteroatoms. The lowest BCUT2D eigenvalue weighted by Gasteiger charge is -1.71. The number of aromatic nitrogens is 1. The van der Waals surface area contributed by atoms with Gasteiger partial charge in [0.1, 0.15) is 6.07 Å². The zero-order valence-corrected chi connectivity index (χ0v) is 4.38. The lowest BCUT2D eigenvalue weighted by Crippen LogP contribution is -1.60. The molecular weight excluding hydrogens is 104 g/mol. The highest BCUT2D eigenvalue weighted by Gasteiger charge is 1.93. The molecule has 1 heterocycles. The van der Waals surface area contributed by atoms with Crippen LogP contribution in [0, 0.1) is 18.3 Å². The van der Waals surface area contributed by atoms with Gasteiger partial charge in [-0.25, -0.2) is 4.98 Å². The fraction of sp³-hybridized carbons (Fsp3) is 0.200. The van der Waals surface area contributed by atoms with E-state index in [1.54, 1.807) is 6.92 Å². The van der Waals surface area contributed by atoms with Crippen LogP contribution >= 0.6 is 0 Å². The summed E-state index contributed by atoms with van der Waals surface area (Å²) in [6.07, 6.45) is 1.40. The van der Waals surface area contributed by atoms with E-state index in [1.807, 2.05) is 6.07 Å². The van der Waals surface area contributed by atoms with Gasteiger partial charge in [0.2, 0.25) is 5.76 Å². The maximum atomic E-state index is 8.17. The normalized spacial score (nSPS) is 8.50. The van der Waals surface area contributed by atoms with Crippen LogP contribution in [0.2, 0.25) is 0 Å². The molecule has 0 aromatic carbocycles. The summed E-state index contributed by atoms with van der Waals surface area (Å²) in [5.41, 5.74) is 0. The molecule has 0 fully saturated rings. The first-order chi connectivity index (χ1) is 3.83. The molecule has 0 spiro atoms. The molecule has 0 aliphatic rings. The van der Waals surface area contributed by atoms with E-state index < -0.39 is 0 Å². The van der Waals surface area contributed by atoms with Crippen LogP contribution in [-0.4, -0.2) is 4.98 Å². The Kier molecular flexibility index (Phi) is 1.01. The highest BCUT2D eigenvalue weighted by molar-refractivity contribution is 5.11. The van der Waals surface area contributed by atoms with Crippen molar-refractivity contribution in [2.45, 2.75) is 6.92 Å². The minimum atomic E-state index is 0.266. The minimum absolute atomic E-state index is 0.266. The van der Waals surface area contributed by atoms with Crippen LogP contribution in [0.3, 0.4) is 0 Å². The molecule has 1 aromatic heterocycles. The van der Waals surface area contributed by atoms with E-state index in [0.29, 0.717) is 5.89 Å². The molecule has 0 radical (unpaired) electrons. The van der Waals surface area contributed by atoms with E-state index in [9.17, 15) is 0 Å². The van der Waals surface area contributed by atoms with Gasteiger partial charge in [-0.15, -0.1) is 0 Å². The highest BCUT2D eigenvalue weighted by atomic mass is 16.3. The van der Waals surface area contributed by atoms with Crippen molar-refractivity contribution < 1.29 is 4.42 Å². The summed E-state index contributed by atoms with van der Waals surface area (Å²) in [7, 11) is 0. The summed E-state index contributed by atoms with van der Waals surface area (Å²) in [6, 6.07) is 1.82. The Hall–Kier alpha value is -1.30. The van der Waals surface area contributed by atoms with Gasteiger partial charge in [-0.1, -0.05) is 0 Å². The van der Waals surface area contributed by atoms with Crippen molar-refractivity contribution in [1.29, 1.82) is 5.26 Å². The quantitative estimate of drug-likeness (QED) is 0.495. The molecular formula is C5H4N2O. The molecule has 8 heavy (non-hydrogen) atoms. The van der Waals surface area contributed by atoms with Gasteiger partial charge in [0, 0.05) is 6.92 Å². The van der Waals surface area contributed by atoms with Gasteiger partial charge in [-0.2, -0.15) is 5.26 Å². The van der Waals surface area contributed by atoms with Crippen LogP contribution in [0.5, 0.6) is 0 Å². The largest absolute Gasteiger partial charge is 0.431 e. The smallest absolute Gasteiger partial charge is 0.223 e. The number of hydrogen-bond donors (Lipinski definition) is 0. The van der Waals surface area contributed by atoms with E-state index in [0.717, 1.165) is 0 Å². The van der Waals surface area contributed by atoms with Crippen LogP contribution in [0.15, 0.2) is 10.6 Å². The van der Waals surface area contributed by atoms with E-state index in [4.69, 9.17) is 9.68 Å². The maximum absolute atomic E-state index is 8.17. The van der Waals surface area contributed by atoms with Gasteiger partial charge >= 0.3 is 0 Å². The summed E-state index contributed by atoms with van der Waals surface area (Å²) in [5, 5.41) is 8.17. The van der Waals surface area contributed by atoms with Crippen molar-refractivity contribution in [3.63, 3.8) is 0 Å². The fourth-order valence-corrected chi connectivity index (χ4v) is 0.413. The zero-order valence-electron chi connectivity index (χ0n) is 4.38. The van der Waals surface area contributed by atoms with Crippen LogP contribution in [0.25, 0.3) is 0 Å². The monoisotopic (exact) mass is 108 g/mol. The molecule has 0 atom stereocenters. The number of aryl methyl sites for hydroxylation is 1. The number of oxazole rings is 1. The molecule has 0 unspecified atom stereocenters. The second-order valence-corrected chi connectivity index (χ2v) is 1.36. The van der Waals surface area contributed by atoms with Crippen LogP contribution in [-0.2, 0) is 0 Å². The summed E-state index contributed by atoms with van der Waals surface area (Å²) < 4.78 is 4.76. The molecule has 1 aromatic rings.